The predicted molar refractivity (Wildman–Crippen MR) is 29.0 cm³/mol. The fourth-order valence-corrected chi connectivity index (χ4v) is 0.541. The van der Waals surface area contributed by atoms with Crippen molar-refractivity contribution in [2.75, 3.05) is 0 Å². The Morgan fingerprint density at radius 1 is 1.55 bits per heavy atom. The molecular weight excluding hydrogens is 161 g/mol. The van der Waals surface area contributed by atoms with Crippen LogP contribution < -0.4 is 0 Å². The molecular formula is C5H3F3N2O. The van der Waals surface area contributed by atoms with Crippen molar-refractivity contribution in [3.05, 3.63) is 17.7 Å². The minimum Gasteiger partial charge on any atom is -0.332 e. The van der Waals surface area contributed by atoms with E-state index >= 15 is 0 Å². The number of carbonyl (C=O) groups excluding carboxylic acids is 1. The molecule has 0 saturated carbocycles. The zero-order valence-electron chi connectivity index (χ0n) is 5.14. The lowest BCUT2D eigenvalue weighted by Crippen LogP contribution is -2.05. The Kier molecular flexibility index (Phi) is 1.67. The first-order valence-electron chi connectivity index (χ1n) is 2.61. The first-order chi connectivity index (χ1) is 5.04. The molecule has 0 aromatic carbocycles. The van der Waals surface area contributed by atoms with E-state index in [0.717, 1.165) is 0 Å². The van der Waals surface area contributed by atoms with E-state index in [1.165, 1.54) is 0 Å². The lowest BCUT2D eigenvalue weighted by molar-refractivity contribution is -0.140. The van der Waals surface area contributed by atoms with Crippen molar-refractivity contribution < 1.29 is 18.0 Å². The molecule has 0 atom stereocenters. The number of aromatic amines is 1. The van der Waals surface area contributed by atoms with Crippen molar-refractivity contribution in [3.8, 4) is 0 Å². The molecule has 0 bridgehead atoms. The van der Waals surface area contributed by atoms with Crippen molar-refractivity contribution in [2.45, 2.75) is 6.18 Å². The van der Waals surface area contributed by atoms with Crippen LogP contribution >= 0.6 is 0 Å². The van der Waals surface area contributed by atoms with Gasteiger partial charge < -0.3 is 4.98 Å². The Morgan fingerprint density at radius 3 is 2.45 bits per heavy atom. The van der Waals surface area contributed by atoms with Crippen LogP contribution in [-0.4, -0.2) is 16.3 Å². The summed E-state index contributed by atoms with van der Waals surface area (Å²) in [6.07, 6.45) is -3.67. The average Bonchev–Trinajstić information content (AvgIpc) is 2.32. The molecule has 0 aliphatic heterocycles. The second-order valence-electron chi connectivity index (χ2n) is 1.80. The van der Waals surface area contributed by atoms with Crippen LogP contribution in [0, 0.1) is 0 Å². The van der Waals surface area contributed by atoms with Crippen LogP contribution in [0.1, 0.15) is 16.3 Å². The summed E-state index contributed by atoms with van der Waals surface area (Å²) in [5, 5.41) is 0. The summed E-state index contributed by atoms with van der Waals surface area (Å²) in [5.41, 5.74) is -1.01. The first kappa shape index (κ1) is 7.77. The highest BCUT2D eigenvalue weighted by molar-refractivity contribution is 5.68. The molecule has 0 saturated heterocycles. The number of carbonyl (C=O) groups is 1. The second-order valence-corrected chi connectivity index (χ2v) is 1.80. The quantitative estimate of drug-likeness (QED) is 0.634. The van der Waals surface area contributed by atoms with E-state index < -0.39 is 11.9 Å². The number of aromatic nitrogens is 2. The van der Waals surface area contributed by atoms with Crippen LogP contribution in [0.5, 0.6) is 0 Å². The monoisotopic (exact) mass is 164 g/mol. The van der Waals surface area contributed by atoms with Gasteiger partial charge in [0, 0.05) is 0 Å². The summed E-state index contributed by atoms with van der Waals surface area (Å²) in [6, 6.07) is 0. The van der Waals surface area contributed by atoms with Crippen LogP contribution in [-0.2, 0) is 6.18 Å². The molecule has 3 nitrogen and oxygen atoms in total. The standard InChI is InChI=1S/C5H3F3N2O/c6-5(7,8)3-1-9-4(2-11)10-3/h1-2H,(H,9,10). The van der Waals surface area contributed by atoms with Gasteiger partial charge in [0.05, 0.1) is 6.20 Å². The normalized spacial score (nSPS) is 11.5. The first-order valence-corrected chi connectivity index (χ1v) is 2.61. The van der Waals surface area contributed by atoms with Gasteiger partial charge in [-0.3, -0.25) is 4.79 Å². The highest BCUT2D eigenvalue weighted by Crippen LogP contribution is 2.26. The van der Waals surface area contributed by atoms with E-state index in [4.69, 9.17) is 0 Å². The van der Waals surface area contributed by atoms with Crippen LogP contribution in [0.15, 0.2) is 6.20 Å². The van der Waals surface area contributed by atoms with E-state index in [1.807, 2.05) is 0 Å². The van der Waals surface area contributed by atoms with Gasteiger partial charge in [0.1, 0.15) is 5.69 Å². The van der Waals surface area contributed by atoms with Crippen molar-refractivity contribution in [1.82, 2.24) is 9.97 Å². The van der Waals surface area contributed by atoms with E-state index in [1.54, 1.807) is 4.98 Å². The predicted octanol–water partition coefficient (Wildman–Crippen LogP) is 1.24. The number of H-pyrrole nitrogens is 1. The van der Waals surface area contributed by atoms with E-state index in [0.29, 0.717) is 6.20 Å². The minimum absolute atomic E-state index is 0.217. The van der Waals surface area contributed by atoms with Gasteiger partial charge in [-0.15, -0.1) is 0 Å². The number of halogens is 3. The Morgan fingerprint density at radius 2 is 2.18 bits per heavy atom. The molecule has 0 aliphatic carbocycles. The van der Waals surface area contributed by atoms with Crippen molar-refractivity contribution in [3.63, 3.8) is 0 Å². The van der Waals surface area contributed by atoms with Gasteiger partial charge in [-0.1, -0.05) is 0 Å². The maximum Gasteiger partial charge on any atom is 0.432 e. The van der Waals surface area contributed by atoms with Gasteiger partial charge in [-0.05, 0) is 0 Å². The number of aldehydes is 1. The van der Waals surface area contributed by atoms with Crippen LogP contribution in [0.25, 0.3) is 0 Å². The molecule has 0 aliphatic rings. The molecule has 0 amide bonds. The smallest absolute Gasteiger partial charge is 0.332 e. The number of nitrogens with zero attached hydrogens (tertiary/aromatic N) is 1. The molecule has 1 N–H and O–H groups in total. The number of rotatable bonds is 1. The van der Waals surface area contributed by atoms with Gasteiger partial charge in [0.25, 0.3) is 0 Å². The SMILES string of the molecule is O=Cc1ncc(C(F)(F)F)[nH]1. The summed E-state index contributed by atoms with van der Waals surface area (Å²) in [5.74, 6) is -0.322. The summed E-state index contributed by atoms with van der Waals surface area (Å²) < 4.78 is 35.3. The van der Waals surface area contributed by atoms with Crippen LogP contribution in [0.3, 0.4) is 0 Å². The van der Waals surface area contributed by atoms with Crippen LogP contribution in [0.4, 0.5) is 13.2 Å². The fraction of sp³-hybridized carbons (Fsp3) is 0.200. The van der Waals surface area contributed by atoms with E-state index in [9.17, 15) is 18.0 Å². The Hall–Kier alpha value is -1.33. The number of hydrogen-bond acceptors (Lipinski definition) is 2. The molecule has 0 spiro atoms. The number of nitrogens with one attached hydrogen (secondary N) is 1. The summed E-state index contributed by atoms with van der Waals surface area (Å²) in [7, 11) is 0. The summed E-state index contributed by atoms with van der Waals surface area (Å²) >= 11 is 0. The Balaban J connectivity index is 2.98. The third-order valence-corrected chi connectivity index (χ3v) is 1.01. The molecule has 0 unspecified atom stereocenters. The highest BCUT2D eigenvalue weighted by Gasteiger charge is 2.32. The topological polar surface area (TPSA) is 45.8 Å². The summed E-state index contributed by atoms with van der Waals surface area (Å²) in [6.45, 7) is 0. The minimum atomic E-state index is -4.46. The Bertz CT molecular complexity index is 265. The summed E-state index contributed by atoms with van der Waals surface area (Å²) in [4.78, 5) is 14.8. The Labute approximate surface area is 59.2 Å². The van der Waals surface area contributed by atoms with E-state index in [-0.39, 0.29) is 12.1 Å². The maximum atomic E-state index is 11.8. The molecule has 1 rings (SSSR count). The molecule has 1 aromatic rings. The molecule has 0 fully saturated rings. The largest absolute Gasteiger partial charge is 0.432 e. The molecule has 11 heavy (non-hydrogen) atoms. The lowest BCUT2D eigenvalue weighted by atomic mass is 10.5. The third-order valence-electron chi connectivity index (χ3n) is 1.01. The maximum absolute atomic E-state index is 11.8. The van der Waals surface area contributed by atoms with E-state index in [2.05, 4.69) is 4.98 Å². The number of hydrogen-bond donors (Lipinski definition) is 1. The fourth-order valence-electron chi connectivity index (χ4n) is 0.541. The lowest BCUT2D eigenvalue weighted by Gasteiger charge is -1.99. The van der Waals surface area contributed by atoms with Gasteiger partial charge >= 0.3 is 6.18 Å². The second kappa shape index (κ2) is 2.37. The highest BCUT2D eigenvalue weighted by atomic mass is 19.4. The van der Waals surface area contributed by atoms with Gasteiger partial charge in [-0.25, -0.2) is 4.98 Å². The average molecular weight is 164 g/mol. The van der Waals surface area contributed by atoms with Crippen molar-refractivity contribution in [2.24, 2.45) is 0 Å². The zero-order valence-corrected chi connectivity index (χ0v) is 5.14. The molecule has 0 radical (unpaired) electrons. The van der Waals surface area contributed by atoms with Crippen LogP contribution in [0.2, 0.25) is 0 Å². The molecule has 6 heteroatoms. The number of alkyl halides is 3. The van der Waals surface area contributed by atoms with Crippen molar-refractivity contribution >= 4 is 6.29 Å². The van der Waals surface area contributed by atoms with Gasteiger partial charge in [0.15, 0.2) is 12.1 Å². The van der Waals surface area contributed by atoms with Gasteiger partial charge in [0.2, 0.25) is 0 Å². The number of imidazole rings is 1. The third kappa shape index (κ3) is 1.57. The molecule has 1 heterocycles. The molecule has 60 valence electrons. The van der Waals surface area contributed by atoms with Gasteiger partial charge in [-0.2, -0.15) is 13.2 Å². The van der Waals surface area contributed by atoms with Crippen molar-refractivity contribution in [1.29, 1.82) is 0 Å². The zero-order chi connectivity index (χ0) is 8.48. The molecule has 1 aromatic heterocycles.